The third-order valence-electron chi connectivity index (χ3n) is 4.49. The molecule has 0 amide bonds. The molecule has 0 radical (unpaired) electrons. The molecule has 0 aliphatic rings. The van der Waals surface area contributed by atoms with Crippen LogP contribution in [0.2, 0.25) is 0 Å². The fourth-order valence-electron chi connectivity index (χ4n) is 3.04. The molecule has 8 heteroatoms. The zero-order chi connectivity index (χ0) is 19.7. The lowest BCUT2D eigenvalue weighted by atomic mass is 10.2. The lowest BCUT2D eigenvalue weighted by molar-refractivity contribution is 0.702. The first kappa shape index (κ1) is 19.0. The molecule has 2 aromatic heterocycles. The van der Waals surface area contributed by atoms with Crippen molar-refractivity contribution >= 4 is 28.7 Å². The van der Waals surface area contributed by atoms with Crippen LogP contribution in [0.15, 0.2) is 51.0 Å². The first-order chi connectivity index (χ1) is 12.8. The number of nitrogens with zero attached hydrogens (tertiary/aromatic N) is 5. The number of imidazole rings is 1. The molecular weight excluding hydrogens is 366 g/mol. The SMILES string of the molecule is CC(Cl)=CCn1c(N(C)Cc2ccccc2)nc2c1c(=O)n(C)c(=O)n2C. The zero-order valence-electron chi connectivity index (χ0n) is 15.8. The van der Waals surface area contributed by atoms with Gasteiger partial charge in [-0.05, 0) is 12.5 Å². The van der Waals surface area contributed by atoms with Gasteiger partial charge in [0.15, 0.2) is 11.2 Å². The number of anilines is 1. The Hall–Kier alpha value is -2.80. The molecule has 0 aliphatic carbocycles. The van der Waals surface area contributed by atoms with Crippen molar-refractivity contribution in [2.24, 2.45) is 14.1 Å². The van der Waals surface area contributed by atoms with Gasteiger partial charge in [-0.1, -0.05) is 48.0 Å². The van der Waals surface area contributed by atoms with Crippen LogP contribution in [0.4, 0.5) is 5.95 Å². The molecule has 0 fully saturated rings. The standard InChI is InChI=1S/C19H22ClN5O2/c1-13(20)10-11-25-15-16(23(3)19(27)24(4)17(15)26)21-18(25)22(2)12-14-8-6-5-7-9-14/h5-10H,11-12H2,1-4H3. The van der Waals surface area contributed by atoms with Gasteiger partial charge in [-0.2, -0.15) is 4.98 Å². The first-order valence-corrected chi connectivity index (χ1v) is 8.92. The highest BCUT2D eigenvalue weighted by molar-refractivity contribution is 6.29. The van der Waals surface area contributed by atoms with Crippen LogP contribution in [-0.2, 0) is 27.2 Å². The summed E-state index contributed by atoms with van der Waals surface area (Å²) in [6.07, 6.45) is 1.81. The molecule has 0 N–H and O–H groups in total. The molecule has 0 saturated carbocycles. The van der Waals surface area contributed by atoms with Gasteiger partial charge in [-0.3, -0.25) is 13.9 Å². The van der Waals surface area contributed by atoms with E-state index in [1.165, 1.54) is 11.6 Å². The fraction of sp³-hybridized carbons (Fsp3) is 0.316. The van der Waals surface area contributed by atoms with Gasteiger partial charge < -0.3 is 9.47 Å². The van der Waals surface area contributed by atoms with Crippen molar-refractivity contribution < 1.29 is 0 Å². The number of rotatable bonds is 5. The van der Waals surface area contributed by atoms with E-state index in [1.807, 2.05) is 48.4 Å². The maximum Gasteiger partial charge on any atom is 0.332 e. The van der Waals surface area contributed by atoms with E-state index >= 15 is 0 Å². The molecule has 2 heterocycles. The van der Waals surface area contributed by atoms with E-state index in [0.717, 1.165) is 10.1 Å². The summed E-state index contributed by atoms with van der Waals surface area (Å²) in [6.45, 7) is 2.78. The van der Waals surface area contributed by atoms with Crippen molar-refractivity contribution in [3.05, 3.63) is 67.8 Å². The van der Waals surface area contributed by atoms with Crippen LogP contribution < -0.4 is 16.1 Å². The van der Waals surface area contributed by atoms with E-state index in [1.54, 1.807) is 18.5 Å². The van der Waals surface area contributed by atoms with Gasteiger partial charge in [-0.15, -0.1) is 0 Å². The molecule has 3 aromatic rings. The molecule has 142 valence electrons. The predicted octanol–water partition coefficient (Wildman–Crippen LogP) is 2.21. The Labute approximate surface area is 161 Å². The maximum absolute atomic E-state index is 12.8. The number of hydrogen-bond acceptors (Lipinski definition) is 4. The zero-order valence-corrected chi connectivity index (χ0v) is 16.6. The molecule has 0 saturated heterocycles. The number of aryl methyl sites for hydroxylation is 1. The van der Waals surface area contributed by atoms with Crippen LogP contribution in [0.1, 0.15) is 12.5 Å². The van der Waals surface area contributed by atoms with Gasteiger partial charge in [0.25, 0.3) is 5.56 Å². The first-order valence-electron chi connectivity index (χ1n) is 8.54. The van der Waals surface area contributed by atoms with Crippen molar-refractivity contribution in [2.75, 3.05) is 11.9 Å². The molecule has 0 bridgehead atoms. The Morgan fingerprint density at radius 2 is 1.85 bits per heavy atom. The predicted molar refractivity (Wildman–Crippen MR) is 108 cm³/mol. The number of allylic oxidation sites excluding steroid dienone is 2. The lowest BCUT2D eigenvalue weighted by Crippen LogP contribution is -2.37. The molecule has 0 unspecified atom stereocenters. The monoisotopic (exact) mass is 387 g/mol. The number of fused-ring (bicyclic) bond motifs is 1. The van der Waals surface area contributed by atoms with Gasteiger partial charge in [0, 0.05) is 39.3 Å². The van der Waals surface area contributed by atoms with Crippen LogP contribution in [-0.4, -0.2) is 25.7 Å². The molecule has 0 atom stereocenters. The summed E-state index contributed by atoms with van der Waals surface area (Å²) in [6, 6.07) is 9.98. The van der Waals surface area contributed by atoms with Crippen molar-refractivity contribution in [1.82, 2.24) is 18.7 Å². The van der Waals surface area contributed by atoms with Crippen LogP contribution in [0.3, 0.4) is 0 Å². The number of benzene rings is 1. The summed E-state index contributed by atoms with van der Waals surface area (Å²) in [7, 11) is 4.99. The lowest BCUT2D eigenvalue weighted by Gasteiger charge is -2.19. The third kappa shape index (κ3) is 3.55. The summed E-state index contributed by atoms with van der Waals surface area (Å²) in [4.78, 5) is 31.6. The highest BCUT2D eigenvalue weighted by Crippen LogP contribution is 2.21. The van der Waals surface area contributed by atoms with E-state index in [-0.39, 0.29) is 5.56 Å². The Kier molecular flexibility index (Phi) is 5.23. The highest BCUT2D eigenvalue weighted by Gasteiger charge is 2.20. The summed E-state index contributed by atoms with van der Waals surface area (Å²) in [5, 5.41) is 0.621. The Morgan fingerprint density at radius 3 is 2.48 bits per heavy atom. The molecule has 7 nitrogen and oxygen atoms in total. The third-order valence-corrected chi connectivity index (χ3v) is 4.64. The van der Waals surface area contributed by atoms with E-state index in [2.05, 4.69) is 4.98 Å². The van der Waals surface area contributed by atoms with E-state index in [9.17, 15) is 9.59 Å². The summed E-state index contributed by atoms with van der Waals surface area (Å²) < 4.78 is 4.29. The maximum atomic E-state index is 12.8. The van der Waals surface area contributed by atoms with Crippen molar-refractivity contribution in [2.45, 2.75) is 20.0 Å². The van der Waals surface area contributed by atoms with Gasteiger partial charge in [0.2, 0.25) is 5.95 Å². The quantitative estimate of drug-likeness (QED) is 0.673. The normalized spacial score (nSPS) is 12.0. The molecule has 0 aliphatic heterocycles. The summed E-state index contributed by atoms with van der Waals surface area (Å²) >= 11 is 6.01. The Balaban J connectivity index is 2.21. The second-order valence-electron chi connectivity index (χ2n) is 6.53. The Morgan fingerprint density at radius 1 is 1.19 bits per heavy atom. The number of hydrogen-bond donors (Lipinski definition) is 0. The molecule has 3 rings (SSSR count). The average Bonchev–Trinajstić information content (AvgIpc) is 3.03. The Bertz CT molecular complexity index is 1120. The van der Waals surface area contributed by atoms with Crippen LogP contribution in [0.25, 0.3) is 11.2 Å². The van der Waals surface area contributed by atoms with E-state index in [0.29, 0.717) is 35.2 Å². The molecular formula is C19H22ClN5O2. The van der Waals surface area contributed by atoms with Gasteiger partial charge in [0.05, 0.1) is 0 Å². The van der Waals surface area contributed by atoms with E-state index < -0.39 is 5.69 Å². The summed E-state index contributed by atoms with van der Waals surface area (Å²) in [5.41, 5.74) is 1.07. The molecule has 27 heavy (non-hydrogen) atoms. The second-order valence-corrected chi connectivity index (χ2v) is 7.13. The van der Waals surface area contributed by atoms with Crippen LogP contribution in [0, 0.1) is 0 Å². The minimum Gasteiger partial charge on any atom is -0.341 e. The topological polar surface area (TPSA) is 65.1 Å². The van der Waals surface area contributed by atoms with Crippen LogP contribution in [0.5, 0.6) is 0 Å². The number of halogens is 1. The second kappa shape index (κ2) is 7.44. The van der Waals surface area contributed by atoms with Crippen molar-refractivity contribution in [3.63, 3.8) is 0 Å². The smallest absolute Gasteiger partial charge is 0.332 e. The van der Waals surface area contributed by atoms with Crippen molar-refractivity contribution in [3.8, 4) is 0 Å². The van der Waals surface area contributed by atoms with Crippen LogP contribution >= 0.6 is 11.6 Å². The molecule has 0 spiro atoms. The van der Waals surface area contributed by atoms with Gasteiger partial charge >= 0.3 is 5.69 Å². The molecule has 1 aromatic carbocycles. The fourth-order valence-corrected chi connectivity index (χ4v) is 3.11. The number of aromatic nitrogens is 4. The highest BCUT2D eigenvalue weighted by atomic mass is 35.5. The van der Waals surface area contributed by atoms with Gasteiger partial charge in [0.1, 0.15) is 0 Å². The largest absolute Gasteiger partial charge is 0.341 e. The van der Waals surface area contributed by atoms with E-state index in [4.69, 9.17) is 11.6 Å². The summed E-state index contributed by atoms with van der Waals surface area (Å²) in [5.74, 6) is 0.598. The van der Waals surface area contributed by atoms with Gasteiger partial charge in [-0.25, -0.2) is 4.79 Å². The average molecular weight is 388 g/mol. The van der Waals surface area contributed by atoms with Crippen molar-refractivity contribution in [1.29, 1.82) is 0 Å². The minimum atomic E-state index is -0.404. The minimum absolute atomic E-state index is 0.360.